The van der Waals surface area contributed by atoms with Crippen LogP contribution in [0.25, 0.3) is 0 Å². The summed E-state index contributed by atoms with van der Waals surface area (Å²) < 4.78 is 18.4. The van der Waals surface area contributed by atoms with Gasteiger partial charge in [-0.15, -0.1) is 0 Å². The second-order valence-corrected chi connectivity index (χ2v) is 3.43. The molecule has 0 bridgehead atoms. The molecule has 2 nitrogen and oxygen atoms in total. The van der Waals surface area contributed by atoms with Crippen LogP contribution in [0.3, 0.4) is 0 Å². The molecule has 3 heteroatoms. The Bertz CT molecular complexity index is 304. The van der Waals surface area contributed by atoms with E-state index in [1.165, 1.54) is 21.0 Å². The molecule has 0 heterocycles. The van der Waals surface area contributed by atoms with Gasteiger partial charge in [-0.2, -0.15) is 0 Å². The molecule has 72 valence electrons. The Kier molecular flexibility index (Phi) is 2.45. The molecule has 0 atom stereocenters. The van der Waals surface area contributed by atoms with Crippen molar-refractivity contribution in [1.82, 2.24) is 0 Å². The zero-order valence-corrected chi connectivity index (χ0v) is 8.10. The molecule has 1 rings (SSSR count). The smallest absolute Gasteiger partial charge is 0.141 e. The quantitative estimate of drug-likeness (QED) is 0.715. The summed E-state index contributed by atoms with van der Waals surface area (Å²) in [5.74, 6) is 0.577. The molecule has 0 saturated carbocycles. The summed E-state index contributed by atoms with van der Waals surface area (Å²) in [5, 5.41) is 0. The van der Waals surface area contributed by atoms with E-state index in [1.54, 1.807) is 18.2 Å². The maximum absolute atomic E-state index is 13.4. The Morgan fingerprint density at radius 3 is 2.38 bits per heavy atom. The molecule has 0 fully saturated rings. The van der Waals surface area contributed by atoms with Gasteiger partial charge in [-0.3, -0.25) is 0 Å². The highest BCUT2D eigenvalue weighted by Crippen LogP contribution is 2.30. The van der Waals surface area contributed by atoms with Crippen LogP contribution in [0.4, 0.5) is 10.1 Å². The van der Waals surface area contributed by atoms with Crippen molar-refractivity contribution < 1.29 is 9.13 Å². The van der Waals surface area contributed by atoms with Gasteiger partial charge in [0, 0.05) is 0 Å². The van der Waals surface area contributed by atoms with Crippen molar-refractivity contribution in [3.8, 4) is 5.75 Å². The van der Waals surface area contributed by atoms with E-state index in [2.05, 4.69) is 0 Å². The Morgan fingerprint density at radius 1 is 1.38 bits per heavy atom. The molecular formula is C10H14FNO. The highest BCUT2D eigenvalue weighted by molar-refractivity contribution is 5.55. The van der Waals surface area contributed by atoms with E-state index in [1.807, 2.05) is 0 Å². The molecule has 13 heavy (non-hydrogen) atoms. The number of rotatable bonds is 2. The largest absolute Gasteiger partial charge is 0.495 e. The van der Waals surface area contributed by atoms with E-state index in [4.69, 9.17) is 10.5 Å². The fourth-order valence-electron chi connectivity index (χ4n) is 1.10. The van der Waals surface area contributed by atoms with Gasteiger partial charge < -0.3 is 10.5 Å². The standard InChI is InChI=1S/C10H14FNO/c1-10(2,11)7-4-5-9(13-3)8(12)6-7/h4-6H,12H2,1-3H3. The zero-order chi connectivity index (χ0) is 10.1. The van der Waals surface area contributed by atoms with Crippen LogP contribution in [0.1, 0.15) is 19.4 Å². The SMILES string of the molecule is COc1ccc(C(C)(C)F)cc1N. The average Bonchev–Trinajstić information content (AvgIpc) is 2.02. The van der Waals surface area contributed by atoms with Crippen LogP contribution in [0, 0.1) is 0 Å². The first-order valence-corrected chi connectivity index (χ1v) is 4.08. The molecule has 1 aromatic carbocycles. The van der Waals surface area contributed by atoms with E-state index in [0.717, 1.165) is 0 Å². The zero-order valence-electron chi connectivity index (χ0n) is 8.10. The minimum atomic E-state index is -1.36. The fourth-order valence-corrected chi connectivity index (χ4v) is 1.10. The summed E-state index contributed by atoms with van der Waals surface area (Å²) in [4.78, 5) is 0. The van der Waals surface area contributed by atoms with Gasteiger partial charge in [-0.25, -0.2) is 4.39 Å². The van der Waals surface area contributed by atoms with E-state index in [9.17, 15) is 4.39 Å². The van der Waals surface area contributed by atoms with Gasteiger partial charge in [-0.05, 0) is 31.5 Å². The van der Waals surface area contributed by atoms with Crippen LogP contribution in [-0.2, 0) is 5.67 Å². The molecule has 0 aliphatic heterocycles. The summed E-state index contributed by atoms with van der Waals surface area (Å²) in [7, 11) is 1.53. The summed E-state index contributed by atoms with van der Waals surface area (Å²) in [6.45, 7) is 2.99. The minimum Gasteiger partial charge on any atom is -0.495 e. The van der Waals surface area contributed by atoms with Crippen LogP contribution in [0.2, 0.25) is 0 Å². The van der Waals surface area contributed by atoms with Gasteiger partial charge >= 0.3 is 0 Å². The predicted octanol–water partition coefficient (Wildman–Crippen LogP) is 2.48. The molecule has 0 spiro atoms. The Morgan fingerprint density at radius 2 is 2.00 bits per heavy atom. The first kappa shape index (κ1) is 9.84. The second kappa shape index (κ2) is 3.24. The number of hydrogen-bond acceptors (Lipinski definition) is 2. The lowest BCUT2D eigenvalue weighted by Crippen LogP contribution is -2.09. The highest BCUT2D eigenvalue weighted by Gasteiger charge is 2.19. The van der Waals surface area contributed by atoms with E-state index in [-0.39, 0.29) is 0 Å². The summed E-state index contributed by atoms with van der Waals surface area (Å²) >= 11 is 0. The van der Waals surface area contributed by atoms with Crippen molar-refractivity contribution in [2.45, 2.75) is 19.5 Å². The number of anilines is 1. The normalized spacial score (nSPS) is 11.4. The lowest BCUT2D eigenvalue weighted by Gasteiger charge is -2.16. The average molecular weight is 183 g/mol. The number of ether oxygens (including phenoxy) is 1. The first-order chi connectivity index (χ1) is 5.95. The van der Waals surface area contributed by atoms with Gasteiger partial charge in [0.25, 0.3) is 0 Å². The van der Waals surface area contributed by atoms with Crippen molar-refractivity contribution in [3.63, 3.8) is 0 Å². The number of alkyl halides is 1. The molecule has 0 unspecified atom stereocenters. The third-order valence-corrected chi connectivity index (χ3v) is 1.92. The molecule has 0 amide bonds. The number of hydrogen-bond donors (Lipinski definition) is 1. The molecule has 2 N–H and O–H groups in total. The van der Waals surface area contributed by atoms with Gasteiger partial charge in [0.15, 0.2) is 0 Å². The number of benzene rings is 1. The maximum Gasteiger partial charge on any atom is 0.141 e. The first-order valence-electron chi connectivity index (χ1n) is 4.08. The number of nitrogen functional groups attached to an aromatic ring is 1. The minimum absolute atomic E-state index is 0.464. The number of nitrogens with two attached hydrogens (primary N) is 1. The van der Waals surface area contributed by atoms with Crippen LogP contribution in [0.5, 0.6) is 5.75 Å². The summed E-state index contributed by atoms with van der Waals surface area (Å²) in [6.07, 6.45) is 0. The van der Waals surface area contributed by atoms with E-state index >= 15 is 0 Å². The second-order valence-electron chi connectivity index (χ2n) is 3.43. The molecule has 1 aromatic rings. The third kappa shape index (κ3) is 2.11. The molecular weight excluding hydrogens is 169 g/mol. The van der Waals surface area contributed by atoms with Gasteiger partial charge in [0.05, 0.1) is 12.8 Å². The lowest BCUT2D eigenvalue weighted by atomic mass is 9.99. The van der Waals surface area contributed by atoms with Crippen molar-refractivity contribution in [2.75, 3.05) is 12.8 Å². The monoisotopic (exact) mass is 183 g/mol. The van der Waals surface area contributed by atoms with Crippen molar-refractivity contribution in [1.29, 1.82) is 0 Å². The third-order valence-electron chi connectivity index (χ3n) is 1.92. The fraction of sp³-hybridized carbons (Fsp3) is 0.400. The lowest BCUT2D eigenvalue weighted by molar-refractivity contribution is 0.221. The molecule has 0 aromatic heterocycles. The molecule has 0 aliphatic rings. The Hall–Kier alpha value is -1.25. The van der Waals surface area contributed by atoms with Gasteiger partial charge in [-0.1, -0.05) is 6.07 Å². The van der Waals surface area contributed by atoms with Gasteiger partial charge in [0.2, 0.25) is 0 Å². The van der Waals surface area contributed by atoms with Crippen molar-refractivity contribution in [2.24, 2.45) is 0 Å². The van der Waals surface area contributed by atoms with Crippen molar-refractivity contribution >= 4 is 5.69 Å². The molecule has 0 saturated heterocycles. The summed E-state index contributed by atoms with van der Waals surface area (Å²) in [5.41, 5.74) is 5.30. The van der Waals surface area contributed by atoms with E-state index in [0.29, 0.717) is 17.0 Å². The van der Waals surface area contributed by atoms with Crippen molar-refractivity contribution in [3.05, 3.63) is 23.8 Å². The molecule has 0 radical (unpaired) electrons. The molecule has 0 aliphatic carbocycles. The topological polar surface area (TPSA) is 35.2 Å². The predicted molar refractivity (Wildman–Crippen MR) is 51.5 cm³/mol. The van der Waals surface area contributed by atoms with Crippen LogP contribution < -0.4 is 10.5 Å². The summed E-state index contributed by atoms with van der Waals surface area (Å²) in [6, 6.07) is 4.94. The maximum atomic E-state index is 13.4. The Labute approximate surface area is 77.5 Å². The van der Waals surface area contributed by atoms with Gasteiger partial charge in [0.1, 0.15) is 11.4 Å². The highest BCUT2D eigenvalue weighted by atomic mass is 19.1. The number of methoxy groups -OCH3 is 1. The van der Waals surface area contributed by atoms with Crippen LogP contribution in [0.15, 0.2) is 18.2 Å². The van der Waals surface area contributed by atoms with Crippen LogP contribution >= 0.6 is 0 Å². The van der Waals surface area contributed by atoms with E-state index < -0.39 is 5.67 Å². The van der Waals surface area contributed by atoms with Crippen LogP contribution in [-0.4, -0.2) is 7.11 Å². The Balaban J connectivity index is 3.10. The number of halogens is 1.